The fourth-order valence-corrected chi connectivity index (χ4v) is 3.03. The molecule has 1 saturated heterocycles. The predicted octanol–water partition coefficient (Wildman–Crippen LogP) is 5.89. The lowest BCUT2D eigenvalue weighted by atomic mass is 10.0. The minimum atomic E-state index is -0.217. The number of hydrogen-bond acceptors (Lipinski definition) is 3. The van der Waals surface area contributed by atoms with E-state index in [1.807, 2.05) is 12.1 Å². The molecule has 1 aliphatic rings. The van der Waals surface area contributed by atoms with E-state index in [2.05, 4.69) is 26.0 Å². The lowest BCUT2D eigenvalue weighted by Crippen LogP contribution is -2.27. The summed E-state index contributed by atoms with van der Waals surface area (Å²) in [5.74, 6) is 1.49. The smallest absolute Gasteiger partial charge is 0.183 e. The Bertz CT molecular complexity index is 421. The fourth-order valence-electron chi connectivity index (χ4n) is 3.03. The average Bonchev–Trinajstić information content (AvgIpc) is 2.63. The number of benzene rings is 1. The van der Waals surface area contributed by atoms with Gasteiger partial charge in [-0.1, -0.05) is 64.5 Å². The van der Waals surface area contributed by atoms with E-state index in [0.717, 1.165) is 37.6 Å². The van der Waals surface area contributed by atoms with Crippen LogP contribution < -0.4 is 4.74 Å². The molecule has 1 fully saturated rings. The SMILES string of the molecule is CCCCCCOc1ccc(C2OCC(CCCCC)CO2)cc1. The van der Waals surface area contributed by atoms with E-state index >= 15 is 0 Å². The highest BCUT2D eigenvalue weighted by Crippen LogP contribution is 2.28. The van der Waals surface area contributed by atoms with Crippen LogP contribution in [0.4, 0.5) is 0 Å². The molecule has 1 aromatic carbocycles. The minimum absolute atomic E-state index is 0.217. The molecule has 136 valence electrons. The molecule has 0 aromatic heterocycles. The van der Waals surface area contributed by atoms with Crippen molar-refractivity contribution in [2.75, 3.05) is 19.8 Å². The Balaban J connectivity index is 1.68. The maximum Gasteiger partial charge on any atom is 0.183 e. The number of ether oxygens (including phenoxy) is 3. The van der Waals surface area contributed by atoms with Gasteiger partial charge in [0.25, 0.3) is 0 Å². The second kappa shape index (κ2) is 11.5. The van der Waals surface area contributed by atoms with Crippen LogP contribution in [0, 0.1) is 5.92 Å². The van der Waals surface area contributed by atoms with Gasteiger partial charge in [-0.3, -0.25) is 0 Å². The van der Waals surface area contributed by atoms with E-state index < -0.39 is 0 Å². The summed E-state index contributed by atoms with van der Waals surface area (Å²) >= 11 is 0. The highest BCUT2D eigenvalue weighted by Gasteiger charge is 2.23. The summed E-state index contributed by atoms with van der Waals surface area (Å²) in [5.41, 5.74) is 1.08. The van der Waals surface area contributed by atoms with Crippen LogP contribution in [0.3, 0.4) is 0 Å². The standard InChI is InChI=1S/C21H34O3/c1-3-5-7-9-15-22-20-13-11-19(12-14-20)21-23-16-18(17-24-21)10-8-6-4-2/h11-14,18,21H,3-10,15-17H2,1-2H3. The third-order valence-corrected chi connectivity index (χ3v) is 4.60. The number of unbranched alkanes of at least 4 members (excludes halogenated alkanes) is 5. The van der Waals surface area contributed by atoms with Gasteiger partial charge in [0.15, 0.2) is 6.29 Å². The molecular weight excluding hydrogens is 300 g/mol. The lowest BCUT2D eigenvalue weighted by molar-refractivity contribution is -0.206. The van der Waals surface area contributed by atoms with Crippen LogP contribution in [-0.2, 0) is 9.47 Å². The molecule has 0 spiro atoms. The normalized spacial score (nSPS) is 20.9. The van der Waals surface area contributed by atoms with Gasteiger partial charge in [0.2, 0.25) is 0 Å². The van der Waals surface area contributed by atoms with Crippen molar-refractivity contribution >= 4 is 0 Å². The second-order valence-electron chi connectivity index (χ2n) is 6.84. The van der Waals surface area contributed by atoms with Crippen LogP contribution in [0.15, 0.2) is 24.3 Å². The highest BCUT2D eigenvalue weighted by atomic mass is 16.7. The van der Waals surface area contributed by atoms with Crippen molar-refractivity contribution in [3.8, 4) is 5.75 Å². The zero-order chi connectivity index (χ0) is 17.0. The van der Waals surface area contributed by atoms with Crippen molar-refractivity contribution in [2.24, 2.45) is 5.92 Å². The monoisotopic (exact) mass is 334 g/mol. The maximum atomic E-state index is 5.91. The predicted molar refractivity (Wildman–Crippen MR) is 98.4 cm³/mol. The summed E-state index contributed by atoms with van der Waals surface area (Å²) in [6.07, 6.45) is 9.78. The lowest BCUT2D eigenvalue weighted by Gasteiger charge is -2.29. The zero-order valence-electron chi connectivity index (χ0n) is 15.5. The summed E-state index contributed by atoms with van der Waals surface area (Å²) in [4.78, 5) is 0. The summed E-state index contributed by atoms with van der Waals surface area (Å²) in [7, 11) is 0. The van der Waals surface area contributed by atoms with Gasteiger partial charge in [0, 0.05) is 11.5 Å². The van der Waals surface area contributed by atoms with Gasteiger partial charge < -0.3 is 14.2 Å². The Morgan fingerprint density at radius 3 is 2.21 bits per heavy atom. The Kier molecular flexibility index (Phi) is 9.22. The first kappa shape index (κ1) is 19.3. The van der Waals surface area contributed by atoms with Gasteiger partial charge in [-0.15, -0.1) is 0 Å². The van der Waals surface area contributed by atoms with Gasteiger partial charge >= 0.3 is 0 Å². The Morgan fingerprint density at radius 1 is 0.875 bits per heavy atom. The van der Waals surface area contributed by atoms with Crippen molar-refractivity contribution < 1.29 is 14.2 Å². The fraction of sp³-hybridized carbons (Fsp3) is 0.714. The van der Waals surface area contributed by atoms with Gasteiger partial charge in [0.1, 0.15) is 5.75 Å². The molecule has 3 heteroatoms. The maximum absolute atomic E-state index is 5.91. The Hall–Kier alpha value is -1.06. The molecule has 0 atom stereocenters. The number of hydrogen-bond donors (Lipinski definition) is 0. The summed E-state index contributed by atoms with van der Waals surface area (Å²) in [5, 5.41) is 0. The largest absolute Gasteiger partial charge is 0.494 e. The van der Waals surface area contributed by atoms with Gasteiger partial charge in [0.05, 0.1) is 19.8 Å². The number of rotatable bonds is 11. The van der Waals surface area contributed by atoms with E-state index in [1.54, 1.807) is 0 Å². The summed E-state index contributed by atoms with van der Waals surface area (Å²) in [6.45, 7) is 6.88. The second-order valence-corrected chi connectivity index (χ2v) is 6.84. The van der Waals surface area contributed by atoms with Crippen LogP contribution in [0.25, 0.3) is 0 Å². The van der Waals surface area contributed by atoms with Gasteiger partial charge in [-0.25, -0.2) is 0 Å². The van der Waals surface area contributed by atoms with Gasteiger partial charge in [-0.05, 0) is 25.0 Å². The van der Waals surface area contributed by atoms with Crippen molar-refractivity contribution in [1.82, 2.24) is 0 Å². The third kappa shape index (κ3) is 6.82. The van der Waals surface area contributed by atoms with Crippen molar-refractivity contribution in [2.45, 2.75) is 71.5 Å². The molecule has 0 saturated carbocycles. The first-order chi connectivity index (χ1) is 11.8. The average molecular weight is 335 g/mol. The van der Waals surface area contributed by atoms with Crippen LogP contribution in [-0.4, -0.2) is 19.8 Å². The molecule has 0 amide bonds. The van der Waals surface area contributed by atoms with E-state index in [0.29, 0.717) is 5.92 Å². The quantitative estimate of drug-likeness (QED) is 0.472. The molecule has 0 aliphatic carbocycles. The van der Waals surface area contributed by atoms with E-state index in [-0.39, 0.29) is 6.29 Å². The van der Waals surface area contributed by atoms with Crippen LogP contribution in [0.2, 0.25) is 0 Å². The molecular formula is C21H34O3. The molecule has 0 radical (unpaired) electrons. The molecule has 1 aliphatic heterocycles. The van der Waals surface area contributed by atoms with Crippen molar-refractivity contribution in [3.63, 3.8) is 0 Å². The van der Waals surface area contributed by atoms with Gasteiger partial charge in [-0.2, -0.15) is 0 Å². The van der Waals surface area contributed by atoms with Crippen LogP contribution in [0.5, 0.6) is 5.75 Å². The molecule has 0 bridgehead atoms. The molecule has 24 heavy (non-hydrogen) atoms. The highest BCUT2D eigenvalue weighted by molar-refractivity contribution is 5.28. The van der Waals surface area contributed by atoms with Crippen LogP contribution in [0.1, 0.15) is 77.1 Å². The first-order valence-corrected chi connectivity index (χ1v) is 9.79. The Morgan fingerprint density at radius 2 is 1.54 bits per heavy atom. The molecule has 1 aromatic rings. The Labute approximate surface area is 147 Å². The topological polar surface area (TPSA) is 27.7 Å². The molecule has 0 unspecified atom stereocenters. The zero-order valence-corrected chi connectivity index (χ0v) is 15.5. The van der Waals surface area contributed by atoms with Crippen molar-refractivity contribution in [3.05, 3.63) is 29.8 Å². The molecule has 0 N–H and O–H groups in total. The molecule has 1 heterocycles. The third-order valence-electron chi connectivity index (χ3n) is 4.60. The summed E-state index contributed by atoms with van der Waals surface area (Å²) < 4.78 is 17.6. The summed E-state index contributed by atoms with van der Waals surface area (Å²) in [6, 6.07) is 8.16. The molecule has 3 nitrogen and oxygen atoms in total. The van der Waals surface area contributed by atoms with E-state index in [1.165, 1.54) is 44.9 Å². The van der Waals surface area contributed by atoms with E-state index in [9.17, 15) is 0 Å². The van der Waals surface area contributed by atoms with Crippen molar-refractivity contribution in [1.29, 1.82) is 0 Å². The first-order valence-electron chi connectivity index (χ1n) is 9.79. The van der Waals surface area contributed by atoms with Crippen LogP contribution >= 0.6 is 0 Å². The van der Waals surface area contributed by atoms with E-state index in [4.69, 9.17) is 14.2 Å². The minimum Gasteiger partial charge on any atom is -0.494 e. The molecule has 2 rings (SSSR count).